The highest BCUT2D eigenvalue weighted by molar-refractivity contribution is 8.25. The van der Waals surface area contributed by atoms with Gasteiger partial charge in [0.05, 0.1) is 14.2 Å². The van der Waals surface area contributed by atoms with Crippen LogP contribution in [0.2, 0.25) is 0 Å². The number of ether oxygens (including phenoxy) is 1. The predicted molar refractivity (Wildman–Crippen MR) is 118 cm³/mol. The van der Waals surface area contributed by atoms with Gasteiger partial charge in [-0.3, -0.25) is 8.37 Å². The van der Waals surface area contributed by atoms with E-state index < -0.39 is 10.6 Å². The molecule has 0 spiro atoms. The fraction of sp³-hybridized carbons (Fsp3) is 1.00. The summed E-state index contributed by atoms with van der Waals surface area (Å²) < 4.78 is 16.4. The van der Waals surface area contributed by atoms with Crippen LogP contribution in [0.1, 0.15) is 110 Å². The van der Waals surface area contributed by atoms with E-state index in [4.69, 9.17) is 13.1 Å². The highest BCUT2D eigenvalue weighted by Crippen LogP contribution is 2.49. The van der Waals surface area contributed by atoms with E-state index in [-0.39, 0.29) is 0 Å². The molecule has 0 aromatic carbocycles. The molecule has 0 aliphatic carbocycles. The molecule has 26 heavy (non-hydrogen) atoms. The number of rotatable bonds is 21. The number of methoxy groups -OCH3 is 1. The average Bonchev–Trinajstić information content (AvgIpc) is 2.66. The zero-order chi connectivity index (χ0) is 19.3. The van der Waals surface area contributed by atoms with Crippen molar-refractivity contribution in [1.82, 2.24) is 0 Å². The fourth-order valence-corrected chi connectivity index (χ4v) is 5.22. The molecule has 0 radical (unpaired) electrons. The molecule has 0 atom stereocenters. The van der Waals surface area contributed by atoms with Gasteiger partial charge in [-0.15, -0.1) is 0 Å². The molecule has 0 aliphatic rings. The first kappa shape index (κ1) is 26.2. The molecule has 4 heteroatoms. The first-order valence-electron chi connectivity index (χ1n) is 11.1. The van der Waals surface area contributed by atoms with Crippen molar-refractivity contribution in [3.05, 3.63) is 0 Å². The lowest BCUT2D eigenvalue weighted by Crippen LogP contribution is -2.14. The summed E-state index contributed by atoms with van der Waals surface area (Å²) in [4.78, 5) is 0. The van der Waals surface area contributed by atoms with Crippen LogP contribution in [0.25, 0.3) is 0 Å². The Hall–Kier alpha value is 0.230. The number of hydrogen-bond acceptors (Lipinski definition) is 3. The molecule has 0 saturated carbocycles. The van der Waals surface area contributed by atoms with Gasteiger partial charge in [-0.1, -0.05) is 103 Å². The molecule has 0 unspecified atom stereocenters. The largest absolute Gasteiger partial charge is 0.365 e. The lowest BCUT2D eigenvalue weighted by atomic mass is 10.0. The SMILES string of the molecule is CCCCCCCCCCCCCCCCCCS(COC)(OC)OC. The molecular weight excluding hydrogens is 344 g/mol. The summed E-state index contributed by atoms with van der Waals surface area (Å²) >= 11 is 0. The minimum atomic E-state index is -1.46. The maximum absolute atomic E-state index is 5.59. The third-order valence-electron chi connectivity index (χ3n) is 5.21. The Morgan fingerprint density at radius 3 is 1.15 bits per heavy atom. The second kappa shape index (κ2) is 20.0. The van der Waals surface area contributed by atoms with Gasteiger partial charge in [0.2, 0.25) is 0 Å². The standard InChI is InChI=1S/C22H48O3S/c1-5-6-7-8-9-10-11-12-13-14-15-16-17-18-19-20-21-26(24-3,25-4)22-23-2/h5-22H2,1-4H3. The molecule has 0 aromatic rings. The van der Waals surface area contributed by atoms with E-state index in [0.717, 1.165) is 5.75 Å². The summed E-state index contributed by atoms with van der Waals surface area (Å²) in [5.41, 5.74) is 0. The van der Waals surface area contributed by atoms with Gasteiger partial charge in [-0.25, -0.2) is 0 Å². The van der Waals surface area contributed by atoms with Crippen LogP contribution in [-0.4, -0.2) is 33.0 Å². The third-order valence-corrected chi connectivity index (χ3v) is 7.93. The summed E-state index contributed by atoms with van der Waals surface area (Å²) in [6.07, 6.45) is 22.4. The van der Waals surface area contributed by atoms with Crippen LogP contribution in [0, 0.1) is 0 Å². The van der Waals surface area contributed by atoms with Crippen molar-refractivity contribution in [2.45, 2.75) is 110 Å². The second-order valence-electron chi connectivity index (χ2n) is 7.49. The van der Waals surface area contributed by atoms with Crippen molar-refractivity contribution in [3.8, 4) is 0 Å². The minimum Gasteiger partial charge on any atom is -0.365 e. The van der Waals surface area contributed by atoms with E-state index in [2.05, 4.69) is 6.92 Å². The lowest BCUT2D eigenvalue weighted by molar-refractivity contribution is 0.223. The smallest absolute Gasteiger partial charge is 0.135 e. The van der Waals surface area contributed by atoms with Crippen molar-refractivity contribution in [2.24, 2.45) is 0 Å². The molecule has 0 bridgehead atoms. The second-order valence-corrected chi connectivity index (χ2v) is 10.3. The van der Waals surface area contributed by atoms with Crippen LogP contribution >= 0.6 is 10.6 Å². The molecule has 0 saturated heterocycles. The van der Waals surface area contributed by atoms with Crippen molar-refractivity contribution in [2.75, 3.05) is 33.0 Å². The molecular formula is C22H48O3S. The minimum absolute atomic E-state index is 0.582. The molecule has 0 heterocycles. The Morgan fingerprint density at radius 2 is 0.846 bits per heavy atom. The lowest BCUT2D eigenvalue weighted by Gasteiger charge is -2.39. The number of hydrogen-bond donors (Lipinski definition) is 0. The van der Waals surface area contributed by atoms with E-state index in [1.807, 2.05) is 0 Å². The monoisotopic (exact) mass is 392 g/mol. The van der Waals surface area contributed by atoms with Gasteiger partial charge in [-0.05, 0) is 6.42 Å². The third kappa shape index (κ3) is 15.3. The van der Waals surface area contributed by atoms with Gasteiger partial charge in [0.1, 0.15) is 5.94 Å². The summed E-state index contributed by atoms with van der Waals surface area (Å²) in [5, 5.41) is 0. The maximum Gasteiger partial charge on any atom is 0.135 e. The van der Waals surface area contributed by atoms with Crippen LogP contribution in [0.3, 0.4) is 0 Å². The Bertz CT molecular complexity index is 270. The molecule has 160 valence electrons. The Labute approximate surface area is 166 Å². The Balaban J connectivity index is 3.29. The average molecular weight is 393 g/mol. The molecule has 0 aliphatic heterocycles. The first-order valence-corrected chi connectivity index (χ1v) is 13.0. The predicted octanol–water partition coefficient (Wildman–Crippen LogP) is 7.78. The van der Waals surface area contributed by atoms with Crippen LogP contribution in [0.4, 0.5) is 0 Å². The van der Waals surface area contributed by atoms with Gasteiger partial charge in [-0.2, -0.15) is 10.6 Å². The highest BCUT2D eigenvalue weighted by atomic mass is 32.3. The highest BCUT2D eigenvalue weighted by Gasteiger charge is 2.17. The van der Waals surface area contributed by atoms with Crippen molar-refractivity contribution in [1.29, 1.82) is 0 Å². The molecule has 3 nitrogen and oxygen atoms in total. The van der Waals surface area contributed by atoms with Crippen LogP contribution in [0.15, 0.2) is 0 Å². The van der Waals surface area contributed by atoms with Crippen molar-refractivity contribution < 1.29 is 13.1 Å². The quantitative estimate of drug-likeness (QED) is 0.187. The van der Waals surface area contributed by atoms with E-state index in [0.29, 0.717) is 5.94 Å². The Kier molecular flexibility index (Phi) is 20.2. The number of unbranched alkanes of at least 4 members (excludes halogenated alkanes) is 15. The van der Waals surface area contributed by atoms with Crippen LogP contribution < -0.4 is 0 Å². The summed E-state index contributed by atoms with van der Waals surface area (Å²) in [6.45, 7) is 2.29. The Morgan fingerprint density at radius 1 is 0.500 bits per heavy atom. The molecule has 0 N–H and O–H groups in total. The maximum atomic E-state index is 5.59. The summed E-state index contributed by atoms with van der Waals surface area (Å²) in [7, 11) is 3.73. The molecule has 0 rings (SSSR count). The van der Waals surface area contributed by atoms with Crippen molar-refractivity contribution in [3.63, 3.8) is 0 Å². The van der Waals surface area contributed by atoms with Crippen LogP contribution in [0.5, 0.6) is 0 Å². The van der Waals surface area contributed by atoms with E-state index in [1.165, 1.54) is 103 Å². The molecule has 0 amide bonds. The van der Waals surface area contributed by atoms with E-state index >= 15 is 0 Å². The topological polar surface area (TPSA) is 27.7 Å². The van der Waals surface area contributed by atoms with Gasteiger partial charge in [0, 0.05) is 12.9 Å². The summed E-state index contributed by atoms with van der Waals surface area (Å²) in [6, 6.07) is 0. The van der Waals surface area contributed by atoms with Gasteiger partial charge >= 0.3 is 0 Å². The van der Waals surface area contributed by atoms with Crippen LogP contribution in [-0.2, 0) is 13.1 Å². The summed E-state index contributed by atoms with van der Waals surface area (Å²) in [5.74, 6) is 1.57. The van der Waals surface area contributed by atoms with Gasteiger partial charge in [0.15, 0.2) is 0 Å². The molecule has 0 fully saturated rings. The van der Waals surface area contributed by atoms with Crippen molar-refractivity contribution >= 4 is 10.6 Å². The zero-order valence-corrected chi connectivity index (χ0v) is 19.2. The van der Waals surface area contributed by atoms with Gasteiger partial charge in [0.25, 0.3) is 0 Å². The normalized spacial score (nSPS) is 12.6. The van der Waals surface area contributed by atoms with E-state index in [9.17, 15) is 0 Å². The van der Waals surface area contributed by atoms with Gasteiger partial charge < -0.3 is 4.74 Å². The van der Waals surface area contributed by atoms with E-state index in [1.54, 1.807) is 21.3 Å². The molecule has 0 aromatic heterocycles. The zero-order valence-electron chi connectivity index (χ0n) is 18.4. The first-order chi connectivity index (χ1) is 12.7. The fourth-order valence-electron chi connectivity index (χ4n) is 3.44.